The van der Waals surface area contributed by atoms with E-state index in [1.807, 2.05) is 18.2 Å². The Morgan fingerprint density at radius 1 is 1.05 bits per heavy atom. The lowest BCUT2D eigenvalue weighted by Crippen LogP contribution is -2.23. The van der Waals surface area contributed by atoms with Crippen molar-refractivity contribution in [1.82, 2.24) is 0 Å². The van der Waals surface area contributed by atoms with Crippen LogP contribution in [0.5, 0.6) is 5.75 Å². The van der Waals surface area contributed by atoms with Crippen LogP contribution in [0.3, 0.4) is 0 Å². The third-order valence-corrected chi connectivity index (χ3v) is 3.59. The number of aryl methyl sites for hydroxylation is 1. The van der Waals surface area contributed by atoms with Crippen LogP contribution in [-0.4, -0.2) is 12.2 Å². The van der Waals surface area contributed by atoms with Crippen LogP contribution in [0.25, 0.3) is 0 Å². The fourth-order valence-electron chi connectivity index (χ4n) is 2.43. The lowest BCUT2D eigenvalue weighted by molar-refractivity contribution is 0.458. The molecule has 0 heterocycles. The minimum atomic E-state index is 0.184. The highest BCUT2D eigenvalue weighted by Crippen LogP contribution is 2.33. The smallest absolute Gasteiger partial charge is 0.120 e. The molecule has 2 nitrogen and oxygen atoms in total. The molecule has 0 fully saturated rings. The van der Waals surface area contributed by atoms with Crippen molar-refractivity contribution in [2.45, 2.75) is 26.3 Å². The zero-order chi connectivity index (χ0) is 13.8. The molecule has 0 saturated heterocycles. The van der Waals surface area contributed by atoms with E-state index in [2.05, 4.69) is 50.1 Å². The van der Waals surface area contributed by atoms with Crippen molar-refractivity contribution >= 4 is 5.69 Å². The fourth-order valence-corrected chi connectivity index (χ4v) is 2.43. The van der Waals surface area contributed by atoms with Crippen LogP contribution in [0.2, 0.25) is 0 Å². The first-order chi connectivity index (χ1) is 9.13. The highest BCUT2D eigenvalue weighted by Gasteiger charge is 2.18. The van der Waals surface area contributed by atoms with Gasteiger partial charge >= 0.3 is 0 Å². The molecule has 1 unspecified atom stereocenters. The molecule has 1 N–H and O–H groups in total. The van der Waals surface area contributed by atoms with Crippen LogP contribution in [0, 0.1) is 6.92 Å². The predicted octanol–water partition coefficient (Wildman–Crippen LogP) is 4.29. The van der Waals surface area contributed by atoms with Crippen molar-refractivity contribution in [1.29, 1.82) is 0 Å². The Bertz CT molecular complexity index is 533. The van der Waals surface area contributed by atoms with E-state index in [1.54, 1.807) is 6.07 Å². The average Bonchev–Trinajstić information content (AvgIpc) is 2.42. The molecule has 0 aliphatic carbocycles. The maximum absolute atomic E-state index is 10.0. The molecule has 2 heteroatoms. The molecule has 1 atom stereocenters. The summed E-state index contributed by atoms with van der Waals surface area (Å²) >= 11 is 0. The highest BCUT2D eigenvalue weighted by atomic mass is 16.3. The Hall–Kier alpha value is -1.96. The van der Waals surface area contributed by atoms with E-state index in [0.717, 1.165) is 12.0 Å². The van der Waals surface area contributed by atoms with Gasteiger partial charge in [0.25, 0.3) is 0 Å². The van der Waals surface area contributed by atoms with Gasteiger partial charge in [0.1, 0.15) is 5.75 Å². The van der Waals surface area contributed by atoms with Crippen molar-refractivity contribution in [3.8, 4) is 5.75 Å². The number of rotatable bonds is 4. The number of para-hydroxylation sites is 1. The van der Waals surface area contributed by atoms with E-state index in [1.165, 1.54) is 11.3 Å². The molecule has 0 aromatic heterocycles. The van der Waals surface area contributed by atoms with Gasteiger partial charge in [-0.25, -0.2) is 0 Å². The van der Waals surface area contributed by atoms with Gasteiger partial charge in [-0.05, 0) is 31.5 Å². The minimum Gasteiger partial charge on any atom is -0.508 e. The molecule has 0 aliphatic heterocycles. The van der Waals surface area contributed by atoms with Crippen LogP contribution < -0.4 is 4.90 Å². The number of phenolic OH excluding ortho intramolecular Hbond substituents is 1. The number of phenols is 1. The van der Waals surface area contributed by atoms with Gasteiger partial charge in [-0.3, -0.25) is 0 Å². The van der Waals surface area contributed by atoms with Gasteiger partial charge in [0.2, 0.25) is 0 Å². The van der Waals surface area contributed by atoms with Crippen molar-refractivity contribution in [2.24, 2.45) is 0 Å². The zero-order valence-corrected chi connectivity index (χ0v) is 11.8. The van der Waals surface area contributed by atoms with E-state index >= 15 is 0 Å². The Kier molecular flexibility index (Phi) is 4.10. The van der Waals surface area contributed by atoms with E-state index < -0.39 is 0 Å². The molecule has 0 bridgehead atoms. The van der Waals surface area contributed by atoms with E-state index in [-0.39, 0.29) is 6.04 Å². The lowest BCUT2D eigenvalue weighted by atomic mass is 10.0. The van der Waals surface area contributed by atoms with Gasteiger partial charge in [-0.2, -0.15) is 0 Å². The second kappa shape index (κ2) is 5.79. The van der Waals surface area contributed by atoms with E-state index in [0.29, 0.717) is 5.75 Å². The quantitative estimate of drug-likeness (QED) is 0.881. The van der Waals surface area contributed by atoms with Crippen molar-refractivity contribution < 1.29 is 5.11 Å². The number of hydrogen-bond acceptors (Lipinski definition) is 2. The van der Waals surface area contributed by atoms with Crippen molar-refractivity contribution in [2.75, 3.05) is 11.9 Å². The Labute approximate surface area is 115 Å². The van der Waals surface area contributed by atoms with Gasteiger partial charge in [0.05, 0.1) is 6.04 Å². The van der Waals surface area contributed by atoms with E-state index in [9.17, 15) is 5.11 Å². The number of benzene rings is 2. The molecule has 0 aliphatic rings. The Morgan fingerprint density at radius 2 is 1.68 bits per heavy atom. The Morgan fingerprint density at radius 3 is 2.26 bits per heavy atom. The second-order valence-electron chi connectivity index (χ2n) is 4.93. The number of nitrogens with zero attached hydrogens (tertiary/aromatic N) is 1. The summed E-state index contributed by atoms with van der Waals surface area (Å²) in [5.41, 5.74) is 3.40. The van der Waals surface area contributed by atoms with Crippen LogP contribution in [-0.2, 0) is 0 Å². The van der Waals surface area contributed by atoms with E-state index in [4.69, 9.17) is 0 Å². The molecule has 0 amide bonds. The lowest BCUT2D eigenvalue weighted by Gasteiger charge is -2.30. The van der Waals surface area contributed by atoms with Gasteiger partial charge in [0.15, 0.2) is 0 Å². The SMILES string of the molecule is CCC(c1ccccc1O)N(C)c1ccc(C)cc1. The van der Waals surface area contributed by atoms with Crippen LogP contribution in [0.1, 0.15) is 30.5 Å². The number of hydrogen-bond donors (Lipinski definition) is 1. The first-order valence-electron chi connectivity index (χ1n) is 6.71. The second-order valence-corrected chi connectivity index (χ2v) is 4.93. The average molecular weight is 255 g/mol. The summed E-state index contributed by atoms with van der Waals surface area (Å²) in [6, 6.07) is 16.2. The summed E-state index contributed by atoms with van der Waals surface area (Å²) in [6.45, 7) is 4.23. The third-order valence-electron chi connectivity index (χ3n) is 3.59. The first kappa shape index (κ1) is 13.5. The van der Waals surface area contributed by atoms with Gasteiger partial charge in [-0.15, -0.1) is 0 Å². The standard InChI is InChI=1S/C17H21NO/c1-4-16(15-7-5-6-8-17(15)19)18(3)14-11-9-13(2)10-12-14/h5-12,16,19H,4H2,1-3H3. The maximum atomic E-state index is 10.0. The third kappa shape index (κ3) is 2.90. The maximum Gasteiger partial charge on any atom is 0.120 e. The van der Waals surface area contributed by atoms with Crippen LogP contribution in [0.4, 0.5) is 5.69 Å². The molecular weight excluding hydrogens is 234 g/mol. The highest BCUT2D eigenvalue weighted by molar-refractivity contribution is 5.50. The fraction of sp³-hybridized carbons (Fsp3) is 0.294. The summed E-state index contributed by atoms with van der Waals surface area (Å²) in [5.74, 6) is 0.369. The van der Waals surface area contributed by atoms with Crippen LogP contribution in [0.15, 0.2) is 48.5 Å². The molecule has 19 heavy (non-hydrogen) atoms. The number of aromatic hydroxyl groups is 1. The topological polar surface area (TPSA) is 23.5 Å². The molecule has 0 saturated carbocycles. The normalized spacial score (nSPS) is 12.2. The summed E-state index contributed by atoms with van der Waals surface area (Å²) in [5, 5.41) is 10.0. The molecule has 2 rings (SSSR count). The zero-order valence-electron chi connectivity index (χ0n) is 11.8. The molecule has 0 radical (unpaired) electrons. The number of anilines is 1. The molecule has 2 aromatic carbocycles. The van der Waals surface area contributed by atoms with Gasteiger partial charge in [-0.1, -0.05) is 42.8 Å². The van der Waals surface area contributed by atoms with Gasteiger partial charge < -0.3 is 10.0 Å². The molecule has 0 spiro atoms. The molecule has 100 valence electrons. The molecular formula is C17H21NO. The van der Waals surface area contributed by atoms with Crippen LogP contribution >= 0.6 is 0 Å². The van der Waals surface area contributed by atoms with Crippen molar-refractivity contribution in [3.63, 3.8) is 0 Å². The van der Waals surface area contributed by atoms with Gasteiger partial charge in [0, 0.05) is 18.3 Å². The summed E-state index contributed by atoms with van der Waals surface area (Å²) < 4.78 is 0. The first-order valence-corrected chi connectivity index (χ1v) is 6.71. The largest absolute Gasteiger partial charge is 0.508 e. The molecule has 2 aromatic rings. The minimum absolute atomic E-state index is 0.184. The Balaban J connectivity index is 2.32. The predicted molar refractivity (Wildman–Crippen MR) is 80.7 cm³/mol. The summed E-state index contributed by atoms with van der Waals surface area (Å²) in [6.07, 6.45) is 0.946. The summed E-state index contributed by atoms with van der Waals surface area (Å²) in [7, 11) is 2.07. The summed E-state index contributed by atoms with van der Waals surface area (Å²) in [4.78, 5) is 2.22. The van der Waals surface area contributed by atoms with Crippen molar-refractivity contribution in [3.05, 3.63) is 59.7 Å². The monoisotopic (exact) mass is 255 g/mol.